The van der Waals surface area contributed by atoms with Crippen molar-refractivity contribution in [3.63, 3.8) is 0 Å². The van der Waals surface area contributed by atoms with Crippen LogP contribution in [-0.2, 0) is 0 Å². The Hall–Kier alpha value is -1.58. The molecule has 4 heteroatoms. The standard InChI is InChI=1S/C10H11FN2O/c1-6-5-12-9-4-7(11)2-3-8(9)10(14)13-6/h2-4,6,12H,5H2,1H3,(H,13,14)/t6-/m1/s1. The van der Waals surface area contributed by atoms with Crippen LogP contribution in [-0.4, -0.2) is 18.5 Å². The predicted octanol–water partition coefficient (Wildman–Crippen LogP) is 1.37. The zero-order valence-corrected chi connectivity index (χ0v) is 7.80. The summed E-state index contributed by atoms with van der Waals surface area (Å²) >= 11 is 0. The number of fused-ring (bicyclic) bond motifs is 1. The Morgan fingerprint density at radius 3 is 3.07 bits per heavy atom. The second kappa shape index (κ2) is 3.29. The quantitative estimate of drug-likeness (QED) is 0.655. The molecule has 74 valence electrons. The summed E-state index contributed by atoms with van der Waals surface area (Å²) in [7, 11) is 0. The van der Waals surface area contributed by atoms with Gasteiger partial charge in [0.25, 0.3) is 5.91 Å². The maximum atomic E-state index is 12.9. The van der Waals surface area contributed by atoms with Gasteiger partial charge in [0.1, 0.15) is 5.82 Å². The van der Waals surface area contributed by atoms with Crippen molar-refractivity contribution in [3.8, 4) is 0 Å². The largest absolute Gasteiger partial charge is 0.382 e. The Morgan fingerprint density at radius 2 is 2.29 bits per heavy atom. The highest BCUT2D eigenvalue weighted by atomic mass is 19.1. The molecule has 1 aromatic carbocycles. The summed E-state index contributed by atoms with van der Waals surface area (Å²) in [5.41, 5.74) is 1.06. The van der Waals surface area contributed by atoms with Crippen molar-refractivity contribution < 1.29 is 9.18 Å². The van der Waals surface area contributed by atoms with Gasteiger partial charge in [-0.05, 0) is 25.1 Å². The van der Waals surface area contributed by atoms with Crippen molar-refractivity contribution in [1.29, 1.82) is 0 Å². The van der Waals surface area contributed by atoms with Gasteiger partial charge in [0, 0.05) is 18.3 Å². The van der Waals surface area contributed by atoms with Crippen LogP contribution in [0.3, 0.4) is 0 Å². The number of amides is 1. The van der Waals surface area contributed by atoms with Crippen LogP contribution in [0, 0.1) is 5.82 Å². The van der Waals surface area contributed by atoms with Gasteiger partial charge in [0.05, 0.1) is 5.56 Å². The molecule has 1 aliphatic rings. The van der Waals surface area contributed by atoms with E-state index >= 15 is 0 Å². The average Bonchev–Trinajstić information content (AvgIpc) is 2.26. The van der Waals surface area contributed by atoms with Crippen molar-refractivity contribution >= 4 is 11.6 Å². The summed E-state index contributed by atoms with van der Waals surface area (Å²) in [6.07, 6.45) is 0. The van der Waals surface area contributed by atoms with Gasteiger partial charge in [-0.25, -0.2) is 4.39 Å². The van der Waals surface area contributed by atoms with Gasteiger partial charge in [-0.3, -0.25) is 4.79 Å². The molecule has 0 radical (unpaired) electrons. The van der Waals surface area contributed by atoms with Gasteiger partial charge in [-0.15, -0.1) is 0 Å². The molecule has 1 atom stereocenters. The van der Waals surface area contributed by atoms with Crippen molar-refractivity contribution in [2.75, 3.05) is 11.9 Å². The van der Waals surface area contributed by atoms with E-state index in [1.807, 2.05) is 6.92 Å². The first-order valence-electron chi connectivity index (χ1n) is 4.51. The molecular weight excluding hydrogens is 183 g/mol. The molecule has 14 heavy (non-hydrogen) atoms. The summed E-state index contributed by atoms with van der Waals surface area (Å²) in [4.78, 5) is 11.6. The van der Waals surface area contributed by atoms with Crippen molar-refractivity contribution in [2.45, 2.75) is 13.0 Å². The van der Waals surface area contributed by atoms with Crippen LogP contribution in [0.15, 0.2) is 18.2 Å². The SMILES string of the molecule is C[C@@H]1CNc2cc(F)ccc2C(=O)N1. The zero-order valence-electron chi connectivity index (χ0n) is 7.80. The van der Waals surface area contributed by atoms with E-state index in [0.29, 0.717) is 17.8 Å². The highest BCUT2D eigenvalue weighted by molar-refractivity contribution is 6.00. The van der Waals surface area contributed by atoms with E-state index in [1.165, 1.54) is 18.2 Å². The minimum Gasteiger partial charge on any atom is -0.382 e. The van der Waals surface area contributed by atoms with Gasteiger partial charge in [0.2, 0.25) is 0 Å². The Balaban J connectivity index is 2.43. The van der Waals surface area contributed by atoms with Gasteiger partial charge in [-0.2, -0.15) is 0 Å². The first-order valence-corrected chi connectivity index (χ1v) is 4.51. The summed E-state index contributed by atoms with van der Waals surface area (Å²) in [6, 6.07) is 4.17. The molecule has 1 amide bonds. The third-order valence-electron chi connectivity index (χ3n) is 2.20. The fraction of sp³-hybridized carbons (Fsp3) is 0.300. The lowest BCUT2D eigenvalue weighted by atomic mass is 10.1. The molecule has 0 unspecified atom stereocenters. The molecule has 2 rings (SSSR count). The summed E-state index contributed by atoms with van der Waals surface area (Å²) in [5.74, 6) is -0.490. The third-order valence-corrected chi connectivity index (χ3v) is 2.20. The smallest absolute Gasteiger partial charge is 0.253 e. The molecule has 2 N–H and O–H groups in total. The zero-order chi connectivity index (χ0) is 10.1. The molecule has 0 spiro atoms. The lowest BCUT2D eigenvalue weighted by molar-refractivity contribution is 0.0945. The number of rotatable bonds is 0. The summed E-state index contributed by atoms with van der Waals surface area (Å²) < 4.78 is 12.9. The highest BCUT2D eigenvalue weighted by Gasteiger charge is 2.18. The Bertz CT molecular complexity index is 378. The number of anilines is 1. The topological polar surface area (TPSA) is 41.1 Å². The molecular formula is C10H11FN2O. The first kappa shape index (κ1) is 8.99. The number of benzene rings is 1. The molecule has 0 saturated heterocycles. The lowest BCUT2D eigenvalue weighted by Crippen LogP contribution is -2.34. The molecule has 0 aromatic heterocycles. The lowest BCUT2D eigenvalue weighted by Gasteiger charge is -2.08. The summed E-state index contributed by atoms with van der Waals surface area (Å²) in [6.45, 7) is 2.51. The van der Waals surface area contributed by atoms with Crippen LogP contribution in [0.1, 0.15) is 17.3 Å². The van der Waals surface area contributed by atoms with E-state index in [1.54, 1.807) is 0 Å². The molecule has 0 bridgehead atoms. The molecule has 0 saturated carbocycles. The molecule has 0 fully saturated rings. The second-order valence-electron chi connectivity index (χ2n) is 3.45. The van der Waals surface area contributed by atoms with Crippen molar-refractivity contribution in [2.24, 2.45) is 0 Å². The van der Waals surface area contributed by atoms with Crippen LogP contribution in [0.25, 0.3) is 0 Å². The van der Waals surface area contributed by atoms with E-state index in [0.717, 1.165) is 0 Å². The van der Waals surface area contributed by atoms with Crippen LogP contribution in [0.4, 0.5) is 10.1 Å². The van der Waals surface area contributed by atoms with E-state index < -0.39 is 0 Å². The molecule has 0 aliphatic carbocycles. The maximum Gasteiger partial charge on any atom is 0.253 e. The maximum absolute atomic E-state index is 12.9. The van der Waals surface area contributed by atoms with Gasteiger partial charge < -0.3 is 10.6 Å². The number of halogens is 1. The monoisotopic (exact) mass is 194 g/mol. The molecule has 1 heterocycles. The van der Waals surface area contributed by atoms with Gasteiger partial charge in [-0.1, -0.05) is 0 Å². The second-order valence-corrected chi connectivity index (χ2v) is 3.45. The number of hydrogen-bond acceptors (Lipinski definition) is 2. The van der Waals surface area contributed by atoms with Gasteiger partial charge in [0.15, 0.2) is 0 Å². The van der Waals surface area contributed by atoms with E-state index in [2.05, 4.69) is 10.6 Å². The van der Waals surface area contributed by atoms with E-state index in [9.17, 15) is 9.18 Å². The Labute approximate surface area is 81.3 Å². The molecule has 1 aliphatic heterocycles. The Morgan fingerprint density at radius 1 is 1.50 bits per heavy atom. The fourth-order valence-corrected chi connectivity index (χ4v) is 1.48. The van der Waals surface area contributed by atoms with Crippen molar-refractivity contribution in [3.05, 3.63) is 29.6 Å². The minimum absolute atomic E-state index is 0.0537. The molecule has 1 aromatic rings. The Kier molecular flexibility index (Phi) is 2.11. The predicted molar refractivity (Wildman–Crippen MR) is 51.8 cm³/mol. The normalized spacial score (nSPS) is 20.4. The highest BCUT2D eigenvalue weighted by Crippen LogP contribution is 2.19. The number of nitrogens with one attached hydrogen (secondary N) is 2. The van der Waals surface area contributed by atoms with Crippen LogP contribution in [0.5, 0.6) is 0 Å². The number of carbonyl (C=O) groups is 1. The van der Waals surface area contributed by atoms with E-state index in [4.69, 9.17) is 0 Å². The summed E-state index contributed by atoms with van der Waals surface area (Å²) in [5, 5.41) is 5.82. The molecule has 3 nitrogen and oxygen atoms in total. The number of hydrogen-bond donors (Lipinski definition) is 2. The van der Waals surface area contributed by atoms with E-state index in [-0.39, 0.29) is 17.8 Å². The van der Waals surface area contributed by atoms with Crippen LogP contribution >= 0.6 is 0 Å². The third kappa shape index (κ3) is 1.55. The van der Waals surface area contributed by atoms with Gasteiger partial charge >= 0.3 is 0 Å². The van der Waals surface area contributed by atoms with Crippen LogP contribution < -0.4 is 10.6 Å². The van der Waals surface area contributed by atoms with Crippen LogP contribution in [0.2, 0.25) is 0 Å². The minimum atomic E-state index is -0.335. The van der Waals surface area contributed by atoms with Crippen molar-refractivity contribution in [1.82, 2.24) is 5.32 Å². The fourth-order valence-electron chi connectivity index (χ4n) is 1.48. The number of carbonyl (C=O) groups excluding carboxylic acids is 1. The average molecular weight is 194 g/mol. The first-order chi connectivity index (χ1) is 6.66.